The predicted octanol–water partition coefficient (Wildman–Crippen LogP) is 1.18. The van der Waals surface area contributed by atoms with Crippen molar-refractivity contribution >= 4 is 11.9 Å². The highest BCUT2D eigenvalue weighted by atomic mass is 16.5. The van der Waals surface area contributed by atoms with Gasteiger partial charge in [0.05, 0.1) is 13.2 Å². The summed E-state index contributed by atoms with van der Waals surface area (Å²) in [6.07, 6.45) is 3.33. The molecule has 0 spiro atoms. The number of unbranched alkanes of at least 4 members (excludes halogenated alkanes) is 2. The molecular weight excluding hydrogens is 232 g/mol. The van der Waals surface area contributed by atoms with Crippen LogP contribution in [0.4, 0.5) is 0 Å². The van der Waals surface area contributed by atoms with Gasteiger partial charge in [-0.05, 0) is 40.3 Å². The Labute approximate surface area is 110 Å². The summed E-state index contributed by atoms with van der Waals surface area (Å²) in [5.74, 6) is -0.0558. The zero-order chi connectivity index (χ0) is 13.8. The Bertz CT molecular complexity index is 244. The quantitative estimate of drug-likeness (QED) is 0.472. The second kappa shape index (κ2) is 11.0. The molecule has 0 aromatic heterocycles. The van der Waals surface area contributed by atoms with Crippen LogP contribution in [0.2, 0.25) is 0 Å². The maximum Gasteiger partial charge on any atom is 0.305 e. The Morgan fingerprint density at radius 1 is 1.17 bits per heavy atom. The minimum absolute atomic E-state index is 0.0616. The summed E-state index contributed by atoms with van der Waals surface area (Å²) < 4.78 is 4.85. The average Bonchev–Trinajstić information content (AvgIpc) is 2.29. The van der Waals surface area contributed by atoms with Crippen molar-refractivity contribution < 1.29 is 14.3 Å². The van der Waals surface area contributed by atoms with Gasteiger partial charge in [0.1, 0.15) is 0 Å². The van der Waals surface area contributed by atoms with Gasteiger partial charge < -0.3 is 10.1 Å². The fourth-order valence-corrected chi connectivity index (χ4v) is 1.64. The van der Waals surface area contributed by atoms with E-state index in [9.17, 15) is 9.59 Å². The van der Waals surface area contributed by atoms with Crippen LogP contribution in [0.5, 0.6) is 0 Å². The smallest absolute Gasteiger partial charge is 0.305 e. The normalized spacial score (nSPS) is 10.4. The van der Waals surface area contributed by atoms with E-state index < -0.39 is 0 Å². The summed E-state index contributed by atoms with van der Waals surface area (Å²) in [6.45, 7) is 6.16. The standard InChI is InChI=1S/C13H26N2O3/c1-4-14-12(16)11-15(3)10-8-6-7-9-13(17)18-5-2/h4-11H2,1-3H3,(H,14,16). The van der Waals surface area contributed by atoms with Crippen LogP contribution >= 0.6 is 0 Å². The maximum atomic E-state index is 11.3. The molecule has 0 bridgehead atoms. The molecule has 0 fully saturated rings. The minimum atomic E-state index is -0.117. The number of likely N-dealkylation sites (N-methyl/N-ethyl adjacent to an activating group) is 2. The van der Waals surface area contributed by atoms with Crippen LogP contribution in [0.15, 0.2) is 0 Å². The van der Waals surface area contributed by atoms with E-state index in [2.05, 4.69) is 5.32 Å². The Morgan fingerprint density at radius 3 is 2.50 bits per heavy atom. The molecule has 0 aliphatic carbocycles. The molecule has 0 aliphatic rings. The summed E-state index contributed by atoms with van der Waals surface area (Å²) in [4.78, 5) is 24.4. The number of carbonyl (C=O) groups excluding carboxylic acids is 2. The van der Waals surface area contributed by atoms with Gasteiger partial charge in [-0.1, -0.05) is 6.42 Å². The van der Waals surface area contributed by atoms with Crippen LogP contribution in [0.1, 0.15) is 39.5 Å². The molecular formula is C13H26N2O3. The number of hydrogen-bond acceptors (Lipinski definition) is 4. The second-order valence-corrected chi connectivity index (χ2v) is 4.31. The fraction of sp³-hybridized carbons (Fsp3) is 0.846. The minimum Gasteiger partial charge on any atom is -0.466 e. The fourth-order valence-electron chi connectivity index (χ4n) is 1.64. The van der Waals surface area contributed by atoms with Crippen LogP contribution in [-0.2, 0) is 14.3 Å². The molecule has 18 heavy (non-hydrogen) atoms. The summed E-state index contributed by atoms with van der Waals surface area (Å²) >= 11 is 0. The van der Waals surface area contributed by atoms with Crippen LogP contribution in [0, 0.1) is 0 Å². The van der Waals surface area contributed by atoms with E-state index in [1.54, 1.807) is 0 Å². The van der Waals surface area contributed by atoms with Crippen molar-refractivity contribution in [2.24, 2.45) is 0 Å². The largest absolute Gasteiger partial charge is 0.466 e. The van der Waals surface area contributed by atoms with Gasteiger partial charge in [-0.3, -0.25) is 14.5 Å². The van der Waals surface area contributed by atoms with Gasteiger partial charge in [0.2, 0.25) is 5.91 Å². The lowest BCUT2D eigenvalue weighted by Gasteiger charge is -2.15. The summed E-state index contributed by atoms with van der Waals surface area (Å²) in [5.41, 5.74) is 0. The number of ether oxygens (including phenoxy) is 1. The molecule has 0 unspecified atom stereocenters. The number of carbonyl (C=O) groups is 2. The Kier molecular flexibility index (Phi) is 10.3. The zero-order valence-corrected chi connectivity index (χ0v) is 11.8. The molecule has 5 heteroatoms. The van der Waals surface area contributed by atoms with Crippen molar-refractivity contribution in [2.45, 2.75) is 39.5 Å². The first-order chi connectivity index (χ1) is 8.60. The molecule has 5 nitrogen and oxygen atoms in total. The molecule has 0 radical (unpaired) electrons. The van der Waals surface area contributed by atoms with E-state index in [1.165, 1.54) is 0 Å². The highest BCUT2D eigenvalue weighted by Gasteiger charge is 2.05. The van der Waals surface area contributed by atoms with Gasteiger partial charge in [-0.2, -0.15) is 0 Å². The molecule has 0 saturated carbocycles. The first-order valence-electron chi connectivity index (χ1n) is 6.71. The third-order valence-electron chi connectivity index (χ3n) is 2.51. The Morgan fingerprint density at radius 2 is 1.89 bits per heavy atom. The first kappa shape index (κ1) is 16.9. The number of esters is 1. The van der Waals surface area contributed by atoms with Crippen molar-refractivity contribution in [3.8, 4) is 0 Å². The lowest BCUT2D eigenvalue weighted by molar-refractivity contribution is -0.143. The predicted molar refractivity (Wildman–Crippen MR) is 71.3 cm³/mol. The summed E-state index contributed by atoms with van der Waals surface area (Å²) in [7, 11) is 1.93. The summed E-state index contributed by atoms with van der Waals surface area (Å²) in [5, 5.41) is 2.77. The number of rotatable bonds is 10. The maximum absolute atomic E-state index is 11.3. The second-order valence-electron chi connectivity index (χ2n) is 4.31. The summed E-state index contributed by atoms with van der Waals surface area (Å²) in [6, 6.07) is 0. The molecule has 0 saturated heterocycles. The molecule has 106 valence electrons. The van der Waals surface area contributed by atoms with E-state index in [0.717, 1.165) is 25.8 Å². The monoisotopic (exact) mass is 258 g/mol. The highest BCUT2D eigenvalue weighted by Crippen LogP contribution is 2.02. The van der Waals surface area contributed by atoms with Crippen molar-refractivity contribution in [1.29, 1.82) is 0 Å². The molecule has 1 amide bonds. The first-order valence-corrected chi connectivity index (χ1v) is 6.71. The Hall–Kier alpha value is -1.10. The van der Waals surface area contributed by atoms with Crippen LogP contribution in [0.25, 0.3) is 0 Å². The highest BCUT2D eigenvalue weighted by molar-refractivity contribution is 5.77. The van der Waals surface area contributed by atoms with Gasteiger partial charge in [-0.25, -0.2) is 0 Å². The Balaban J connectivity index is 3.43. The van der Waals surface area contributed by atoms with Crippen molar-refractivity contribution in [1.82, 2.24) is 10.2 Å². The van der Waals surface area contributed by atoms with Gasteiger partial charge in [0.25, 0.3) is 0 Å². The molecule has 0 heterocycles. The van der Waals surface area contributed by atoms with Gasteiger partial charge in [0.15, 0.2) is 0 Å². The number of hydrogen-bond donors (Lipinski definition) is 1. The van der Waals surface area contributed by atoms with E-state index >= 15 is 0 Å². The van der Waals surface area contributed by atoms with Gasteiger partial charge >= 0.3 is 5.97 Å². The lowest BCUT2D eigenvalue weighted by Crippen LogP contribution is -2.35. The van der Waals surface area contributed by atoms with Crippen LogP contribution in [0.3, 0.4) is 0 Å². The molecule has 0 aliphatic heterocycles. The molecule has 1 N–H and O–H groups in total. The topological polar surface area (TPSA) is 58.6 Å². The zero-order valence-electron chi connectivity index (χ0n) is 11.8. The van der Waals surface area contributed by atoms with Crippen LogP contribution in [-0.4, -0.2) is 50.1 Å². The number of amides is 1. The van der Waals surface area contributed by atoms with E-state index in [1.807, 2.05) is 25.8 Å². The van der Waals surface area contributed by atoms with Crippen molar-refractivity contribution in [2.75, 3.05) is 33.3 Å². The number of nitrogens with one attached hydrogen (secondary N) is 1. The lowest BCUT2D eigenvalue weighted by atomic mass is 10.2. The van der Waals surface area contributed by atoms with Gasteiger partial charge in [0, 0.05) is 13.0 Å². The molecule has 0 rings (SSSR count). The SMILES string of the molecule is CCNC(=O)CN(C)CCCCCC(=O)OCC. The van der Waals surface area contributed by atoms with Crippen LogP contribution < -0.4 is 5.32 Å². The third kappa shape index (κ3) is 10.1. The molecule has 0 aromatic carbocycles. The third-order valence-corrected chi connectivity index (χ3v) is 2.51. The van der Waals surface area contributed by atoms with Gasteiger partial charge in [-0.15, -0.1) is 0 Å². The number of nitrogens with zero attached hydrogens (tertiary/aromatic N) is 1. The average molecular weight is 258 g/mol. The van der Waals surface area contributed by atoms with Crippen molar-refractivity contribution in [3.63, 3.8) is 0 Å². The molecule has 0 atom stereocenters. The van der Waals surface area contributed by atoms with Crippen molar-refractivity contribution in [3.05, 3.63) is 0 Å². The van der Waals surface area contributed by atoms with E-state index in [0.29, 0.717) is 26.1 Å². The van der Waals surface area contributed by atoms with E-state index in [-0.39, 0.29) is 11.9 Å². The van der Waals surface area contributed by atoms with E-state index in [4.69, 9.17) is 4.74 Å². The molecule has 0 aromatic rings.